The highest BCUT2D eigenvalue weighted by Gasteiger charge is 2.47. The molecule has 0 bridgehead atoms. The third-order valence-corrected chi connectivity index (χ3v) is 4.06. The van der Waals surface area contributed by atoms with Crippen LogP contribution in [0.15, 0.2) is 0 Å². The number of halogens is 1. The lowest BCUT2D eigenvalue weighted by Crippen LogP contribution is -2.41. The van der Waals surface area contributed by atoms with Crippen LogP contribution in [-0.2, 0) is 9.59 Å². The molecule has 5 heteroatoms. The fourth-order valence-corrected chi connectivity index (χ4v) is 2.62. The molecule has 1 aliphatic rings. The quantitative estimate of drug-likeness (QED) is 0.822. The second-order valence-electron chi connectivity index (χ2n) is 5.15. The van der Waals surface area contributed by atoms with Gasteiger partial charge in [-0.1, -0.05) is 33.6 Å². The van der Waals surface area contributed by atoms with Crippen molar-refractivity contribution in [1.29, 1.82) is 0 Å². The molecular weight excluding hydrogens is 237 g/mol. The molecule has 0 aromatic rings. The molecule has 1 saturated heterocycles. The van der Waals surface area contributed by atoms with Gasteiger partial charge in [-0.2, -0.15) is 0 Å². The highest BCUT2D eigenvalue weighted by molar-refractivity contribution is 5.83. The minimum Gasteiger partial charge on any atom is -0.479 e. The Labute approximate surface area is 107 Å². The average molecular weight is 259 g/mol. The third kappa shape index (κ3) is 2.82. The lowest BCUT2D eigenvalue weighted by atomic mass is 9.88. The molecule has 0 aromatic carbocycles. The van der Waals surface area contributed by atoms with Gasteiger partial charge in [0.05, 0.1) is 6.54 Å². The number of rotatable bonds is 5. The van der Waals surface area contributed by atoms with Gasteiger partial charge in [-0.3, -0.25) is 4.79 Å². The molecule has 0 saturated carbocycles. The normalized spacial score (nSPS) is 25.5. The zero-order valence-corrected chi connectivity index (χ0v) is 11.3. The van der Waals surface area contributed by atoms with Gasteiger partial charge < -0.3 is 10.0 Å². The number of hydrogen-bond donors (Lipinski definition) is 1. The first kappa shape index (κ1) is 14.9. The van der Waals surface area contributed by atoms with E-state index in [1.54, 1.807) is 0 Å². The summed E-state index contributed by atoms with van der Waals surface area (Å²) in [5.41, 5.74) is -2.26. The molecule has 1 N–H and O–H groups in total. The Hall–Kier alpha value is -1.13. The number of carboxylic acid groups (broad SMARTS) is 1. The van der Waals surface area contributed by atoms with Crippen LogP contribution in [0.2, 0.25) is 0 Å². The molecule has 1 aliphatic heterocycles. The largest absolute Gasteiger partial charge is 0.479 e. The van der Waals surface area contributed by atoms with E-state index in [2.05, 4.69) is 0 Å². The Morgan fingerprint density at radius 3 is 2.33 bits per heavy atom. The van der Waals surface area contributed by atoms with Crippen LogP contribution < -0.4 is 0 Å². The molecule has 1 heterocycles. The summed E-state index contributed by atoms with van der Waals surface area (Å²) in [5.74, 6) is -1.48. The SMILES string of the molecule is CCC(CC)C(C)C(=O)N1CCC(F)(C(=O)O)C1. The van der Waals surface area contributed by atoms with Gasteiger partial charge >= 0.3 is 5.97 Å². The Bertz CT molecular complexity index is 330. The summed E-state index contributed by atoms with van der Waals surface area (Å²) in [4.78, 5) is 24.3. The number of hydrogen-bond acceptors (Lipinski definition) is 2. The Kier molecular flexibility index (Phi) is 4.71. The molecule has 1 rings (SSSR count). The van der Waals surface area contributed by atoms with E-state index in [1.807, 2.05) is 20.8 Å². The van der Waals surface area contributed by atoms with Gasteiger partial charge in [0.2, 0.25) is 11.6 Å². The van der Waals surface area contributed by atoms with Crippen LogP contribution in [0, 0.1) is 11.8 Å². The summed E-state index contributed by atoms with van der Waals surface area (Å²) in [6.07, 6.45) is 1.69. The van der Waals surface area contributed by atoms with E-state index in [0.717, 1.165) is 12.8 Å². The molecule has 1 amide bonds. The maximum absolute atomic E-state index is 13.9. The summed E-state index contributed by atoms with van der Waals surface area (Å²) in [5, 5.41) is 8.80. The Balaban J connectivity index is 2.68. The molecule has 104 valence electrons. The van der Waals surface area contributed by atoms with Crippen LogP contribution >= 0.6 is 0 Å². The molecule has 1 fully saturated rings. The zero-order valence-electron chi connectivity index (χ0n) is 11.3. The van der Waals surface area contributed by atoms with Gasteiger partial charge in [-0.25, -0.2) is 9.18 Å². The topological polar surface area (TPSA) is 57.6 Å². The summed E-state index contributed by atoms with van der Waals surface area (Å²) in [7, 11) is 0. The van der Waals surface area contributed by atoms with E-state index in [1.165, 1.54) is 4.90 Å². The van der Waals surface area contributed by atoms with E-state index in [9.17, 15) is 14.0 Å². The smallest absolute Gasteiger partial charge is 0.343 e. The maximum atomic E-state index is 13.9. The first-order chi connectivity index (χ1) is 8.35. The van der Waals surface area contributed by atoms with E-state index >= 15 is 0 Å². The molecule has 2 unspecified atom stereocenters. The molecule has 0 aromatic heterocycles. The number of nitrogens with zero attached hydrogens (tertiary/aromatic N) is 1. The van der Waals surface area contributed by atoms with Crippen molar-refractivity contribution < 1.29 is 19.1 Å². The van der Waals surface area contributed by atoms with Crippen LogP contribution in [0.25, 0.3) is 0 Å². The fraction of sp³-hybridized carbons (Fsp3) is 0.846. The number of aliphatic carboxylic acids is 1. The van der Waals surface area contributed by atoms with Gasteiger partial charge in [-0.15, -0.1) is 0 Å². The summed E-state index contributed by atoms with van der Waals surface area (Å²) in [6, 6.07) is 0. The van der Waals surface area contributed by atoms with Crippen molar-refractivity contribution in [1.82, 2.24) is 4.90 Å². The molecule has 0 aliphatic carbocycles. The van der Waals surface area contributed by atoms with Crippen molar-refractivity contribution >= 4 is 11.9 Å². The first-order valence-electron chi connectivity index (χ1n) is 6.56. The van der Waals surface area contributed by atoms with Crippen LogP contribution in [0.3, 0.4) is 0 Å². The van der Waals surface area contributed by atoms with E-state index in [4.69, 9.17) is 5.11 Å². The van der Waals surface area contributed by atoms with Crippen molar-refractivity contribution in [3.63, 3.8) is 0 Å². The first-order valence-corrected chi connectivity index (χ1v) is 6.56. The maximum Gasteiger partial charge on any atom is 0.343 e. The van der Waals surface area contributed by atoms with Gasteiger partial charge in [0.25, 0.3) is 0 Å². The number of likely N-dealkylation sites (tertiary alicyclic amines) is 1. The molecule has 2 atom stereocenters. The molecule has 0 radical (unpaired) electrons. The molecule has 18 heavy (non-hydrogen) atoms. The summed E-state index contributed by atoms with van der Waals surface area (Å²) in [6.45, 7) is 5.79. The van der Waals surface area contributed by atoms with Crippen molar-refractivity contribution in [3.8, 4) is 0 Å². The zero-order chi connectivity index (χ0) is 13.9. The van der Waals surface area contributed by atoms with Crippen molar-refractivity contribution in [3.05, 3.63) is 0 Å². The van der Waals surface area contributed by atoms with E-state index < -0.39 is 11.6 Å². The Morgan fingerprint density at radius 2 is 1.94 bits per heavy atom. The lowest BCUT2D eigenvalue weighted by Gasteiger charge is -2.26. The standard InChI is InChI=1S/C13H22FNO3/c1-4-10(5-2)9(3)11(16)15-7-6-13(14,8-15)12(17)18/h9-10H,4-8H2,1-3H3,(H,17,18). The predicted molar refractivity (Wildman–Crippen MR) is 65.9 cm³/mol. The van der Waals surface area contributed by atoms with Crippen LogP contribution in [-0.4, -0.2) is 40.6 Å². The Morgan fingerprint density at radius 1 is 1.39 bits per heavy atom. The van der Waals surface area contributed by atoms with Gasteiger partial charge in [0.15, 0.2) is 0 Å². The van der Waals surface area contributed by atoms with Crippen LogP contribution in [0.4, 0.5) is 4.39 Å². The van der Waals surface area contributed by atoms with E-state index in [-0.39, 0.29) is 37.3 Å². The summed E-state index contributed by atoms with van der Waals surface area (Å²) >= 11 is 0. The van der Waals surface area contributed by atoms with Gasteiger partial charge in [-0.05, 0) is 5.92 Å². The molecule has 0 spiro atoms. The molecular formula is C13H22FNO3. The number of carbonyl (C=O) groups is 2. The summed E-state index contributed by atoms with van der Waals surface area (Å²) < 4.78 is 13.9. The third-order valence-electron chi connectivity index (χ3n) is 4.06. The van der Waals surface area contributed by atoms with Gasteiger partial charge in [0, 0.05) is 18.9 Å². The lowest BCUT2D eigenvalue weighted by molar-refractivity contribution is -0.150. The fourth-order valence-electron chi connectivity index (χ4n) is 2.62. The minimum atomic E-state index is -2.26. The van der Waals surface area contributed by atoms with Crippen molar-refractivity contribution in [2.45, 2.75) is 45.7 Å². The van der Waals surface area contributed by atoms with Crippen LogP contribution in [0.5, 0.6) is 0 Å². The molecule has 4 nitrogen and oxygen atoms in total. The number of carbonyl (C=O) groups excluding carboxylic acids is 1. The highest BCUT2D eigenvalue weighted by atomic mass is 19.1. The number of carboxylic acids is 1. The number of amides is 1. The average Bonchev–Trinajstić information content (AvgIpc) is 2.74. The highest BCUT2D eigenvalue weighted by Crippen LogP contribution is 2.29. The van der Waals surface area contributed by atoms with Crippen LogP contribution in [0.1, 0.15) is 40.0 Å². The second kappa shape index (κ2) is 5.67. The van der Waals surface area contributed by atoms with Gasteiger partial charge in [0.1, 0.15) is 0 Å². The van der Waals surface area contributed by atoms with E-state index in [0.29, 0.717) is 0 Å². The number of alkyl halides is 1. The van der Waals surface area contributed by atoms with Crippen molar-refractivity contribution in [2.24, 2.45) is 11.8 Å². The second-order valence-corrected chi connectivity index (χ2v) is 5.15. The predicted octanol–water partition coefficient (Wildman–Crippen LogP) is 2.08. The van der Waals surface area contributed by atoms with Crippen molar-refractivity contribution in [2.75, 3.05) is 13.1 Å². The minimum absolute atomic E-state index is 0.107. The monoisotopic (exact) mass is 259 g/mol.